The monoisotopic (exact) mass is 780 g/mol. The fourth-order valence-electron chi connectivity index (χ4n) is 8.07. The van der Waals surface area contributed by atoms with Crippen LogP contribution in [0.3, 0.4) is 0 Å². The summed E-state index contributed by atoms with van der Waals surface area (Å²) in [7, 11) is -0.589. The zero-order valence-electron chi connectivity index (χ0n) is 31.7. The molecule has 0 N–H and O–H groups in total. The Kier molecular flexibility index (Phi) is 9.74. The van der Waals surface area contributed by atoms with E-state index in [1.54, 1.807) is 0 Å². The lowest BCUT2D eigenvalue weighted by Gasteiger charge is -2.23. The Balaban J connectivity index is 1.18. The minimum absolute atomic E-state index is 0.190. The fourth-order valence-corrected chi connectivity index (χ4v) is 12.0. The minimum atomic E-state index is -0.779. The summed E-state index contributed by atoms with van der Waals surface area (Å²) in [4.78, 5) is 0. The molecule has 10 aromatic rings. The summed E-state index contributed by atoms with van der Waals surface area (Å²) in [5, 5.41) is 11.7. The van der Waals surface area contributed by atoms with E-state index in [2.05, 4.69) is 213 Å². The maximum atomic E-state index is 7.37. The lowest BCUT2D eigenvalue weighted by Crippen LogP contribution is -2.08. The van der Waals surface area contributed by atoms with E-state index in [0.29, 0.717) is 0 Å². The van der Waals surface area contributed by atoms with Crippen molar-refractivity contribution in [1.29, 1.82) is 0 Å². The summed E-state index contributed by atoms with van der Waals surface area (Å²) in [5.74, 6) is 2.38. The van der Waals surface area contributed by atoms with E-state index >= 15 is 0 Å². The second-order valence-electron chi connectivity index (χ2n) is 14.3. The Labute approximate surface area is 341 Å². The average Bonchev–Trinajstić information content (AvgIpc) is 3.29. The molecule has 0 aliphatic rings. The fraction of sp³-hybridized carbons (Fsp3) is 0. The molecule has 58 heavy (non-hydrogen) atoms. The lowest BCUT2D eigenvalue weighted by molar-refractivity contribution is 0.487. The van der Waals surface area contributed by atoms with Crippen molar-refractivity contribution in [2.45, 2.75) is 0 Å². The molecule has 0 spiro atoms. The van der Waals surface area contributed by atoms with Crippen LogP contribution < -0.4 is 19.9 Å². The molecule has 2 nitrogen and oxygen atoms in total. The predicted molar refractivity (Wildman–Crippen MR) is 252 cm³/mol. The van der Waals surface area contributed by atoms with Gasteiger partial charge >= 0.3 is 0 Å². The zero-order chi connectivity index (χ0) is 38.8. The lowest BCUT2D eigenvalue weighted by atomic mass is 9.91. The maximum Gasteiger partial charge on any atom is 0.136 e. The van der Waals surface area contributed by atoms with Crippen LogP contribution in [-0.4, -0.2) is 0 Å². The summed E-state index contributed by atoms with van der Waals surface area (Å²) in [6.45, 7) is 4.04. The van der Waals surface area contributed by atoms with Gasteiger partial charge in [-0.2, -0.15) is 0 Å². The molecule has 1 atom stereocenters. The molecule has 0 heterocycles. The Hall–Kier alpha value is -6.56. The molecule has 0 fully saturated rings. The Morgan fingerprint density at radius 2 is 0.879 bits per heavy atom. The first-order valence-corrected chi connectivity index (χ1v) is 22.5. The number of benzene rings is 10. The third-order valence-corrected chi connectivity index (χ3v) is 15.3. The molecule has 0 radical (unpaired) electrons. The first kappa shape index (κ1) is 35.8. The molecule has 4 heteroatoms. The molecule has 0 aliphatic carbocycles. The SMILES string of the molecule is C=Cc1ccc2c(-c3cccc4ccccc34)c(Oc3ccc4ccccc4c3-c3c(OPP(c4ccccc4)c4ccccc4)ccc4ccccc34)ccc2c1. The highest BCUT2D eigenvalue weighted by molar-refractivity contribution is 8.26. The summed E-state index contributed by atoms with van der Waals surface area (Å²) in [6, 6.07) is 73.3. The van der Waals surface area contributed by atoms with Gasteiger partial charge in [0.15, 0.2) is 0 Å². The van der Waals surface area contributed by atoms with Crippen LogP contribution in [0.25, 0.3) is 71.4 Å². The van der Waals surface area contributed by atoms with Gasteiger partial charge in [-0.15, -0.1) is 0 Å². The van der Waals surface area contributed by atoms with Crippen LogP contribution in [0, 0.1) is 0 Å². The van der Waals surface area contributed by atoms with Crippen molar-refractivity contribution in [1.82, 2.24) is 0 Å². The largest absolute Gasteiger partial charge is 0.471 e. The van der Waals surface area contributed by atoms with Crippen LogP contribution in [0.4, 0.5) is 0 Å². The quantitative estimate of drug-likeness (QED) is 0.129. The normalized spacial score (nSPS) is 11.6. The maximum absolute atomic E-state index is 7.37. The van der Waals surface area contributed by atoms with Crippen LogP contribution in [0.2, 0.25) is 0 Å². The van der Waals surface area contributed by atoms with Gasteiger partial charge < -0.3 is 9.26 Å². The standard InChI is InChI=1S/C54H38O2P2/c1-2-37-28-32-47-41(36-37)31-34-49(52(47)48-27-15-19-38-16-9-12-24-44(38)48)55-50-33-29-39-17-10-13-25-45(39)53(50)54-46-26-14-11-18-40(46)30-35-51(54)56-57-58(42-20-5-3-6-21-42)43-22-7-4-8-23-43/h2-36,57H,1H2. The third-order valence-electron chi connectivity index (χ3n) is 10.8. The number of fused-ring (bicyclic) bond motifs is 4. The molecule has 10 aromatic carbocycles. The first-order valence-electron chi connectivity index (χ1n) is 19.5. The van der Waals surface area contributed by atoms with Crippen LogP contribution in [0.15, 0.2) is 213 Å². The smallest absolute Gasteiger partial charge is 0.136 e. The minimum Gasteiger partial charge on any atom is -0.471 e. The van der Waals surface area contributed by atoms with Gasteiger partial charge in [-0.1, -0.05) is 195 Å². The molecule has 10 rings (SSSR count). The molecule has 0 aromatic heterocycles. The number of hydrogen-bond donors (Lipinski definition) is 0. The van der Waals surface area contributed by atoms with E-state index in [1.807, 2.05) is 6.08 Å². The second-order valence-corrected chi connectivity index (χ2v) is 18.3. The molecular weight excluding hydrogens is 743 g/mol. The van der Waals surface area contributed by atoms with Crippen LogP contribution >= 0.6 is 16.1 Å². The number of rotatable bonds is 10. The van der Waals surface area contributed by atoms with Crippen molar-refractivity contribution in [3.63, 3.8) is 0 Å². The molecule has 0 saturated heterocycles. The molecule has 0 saturated carbocycles. The highest BCUT2D eigenvalue weighted by atomic mass is 32.1. The van der Waals surface area contributed by atoms with E-state index in [9.17, 15) is 0 Å². The van der Waals surface area contributed by atoms with Gasteiger partial charge in [0, 0.05) is 24.3 Å². The Morgan fingerprint density at radius 3 is 1.52 bits per heavy atom. The second kappa shape index (κ2) is 15.8. The first-order chi connectivity index (χ1) is 28.7. The molecule has 276 valence electrons. The molecular formula is C54H38O2P2. The van der Waals surface area contributed by atoms with Gasteiger partial charge in [0.25, 0.3) is 0 Å². The summed E-state index contributed by atoms with van der Waals surface area (Å²) in [6.07, 6.45) is 1.90. The van der Waals surface area contributed by atoms with Crippen molar-refractivity contribution >= 4 is 75.9 Å². The Bertz CT molecular complexity index is 3080. The van der Waals surface area contributed by atoms with Gasteiger partial charge in [0.1, 0.15) is 25.7 Å². The van der Waals surface area contributed by atoms with Gasteiger partial charge in [-0.3, -0.25) is 0 Å². The molecule has 0 aliphatic heterocycles. The summed E-state index contributed by atoms with van der Waals surface area (Å²) >= 11 is 0. The predicted octanol–water partition coefficient (Wildman–Crippen LogP) is 15.1. The number of hydrogen-bond acceptors (Lipinski definition) is 2. The average molecular weight is 781 g/mol. The van der Waals surface area contributed by atoms with E-state index < -0.39 is 7.61 Å². The van der Waals surface area contributed by atoms with E-state index in [4.69, 9.17) is 9.26 Å². The topological polar surface area (TPSA) is 18.5 Å². The zero-order valence-corrected chi connectivity index (χ0v) is 33.6. The van der Waals surface area contributed by atoms with Crippen LogP contribution in [0.5, 0.6) is 17.2 Å². The van der Waals surface area contributed by atoms with Crippen LogP contribution in [-0.2, 0) is 0 Å². The number of ether oxygens (including phenoxy) is 1. The van der Waals surface area contributed by atoms with Crippen molar-refractivity contribution in [3.05, 3.63) is 218 Å². The van der Waals surface area contributed by atoms with Gasteiger partial charge in [-0.25, -0.2) is 0 Å². The third kappa shape index (κ3) is 6.71. The van der Waals surface area contributed by atoms with Gasteiger partial charge in [0.2, 0.25) is 0 Å². The van der Waals surface area contributed by atoms with Crippen molar-refractivity contribution in [2.75, 3.05) is 0 Å². The summed E-state index contributed by atoms with van der Waals surface area (Å²) in [5.41, 5.74) is 5.28. The van der Waals surface area contributed by atoms with Crippen molar-refractivity contribution in [3.8, 4) is 39.5 Å². The molecule has 0 bridgehead atoms. The highest BCUT2D eigenvalue weighted by Gasteiger charge is 2.23. The molecule has 1 unspecified atom stereocenters. The Morgan fingerprint density at radius 1 is 0.397 bits per heavy atom. The van der Waals surface area contributed by atoms with Crippen LogP contribution in [0.1, 0.15) is 5.56 Å². The van der Waals surface area contributed by atoms with Gasteiger partial charge in [0.05, 0.1) is 0 Å². The summed E-state index contributed by atoms with van der Waals surface area (Å²) < 4.78 is 14.5. The molecule has 0 amide bonds. The van der Waals surface area contributed by atoms with E-state index in [0.717, 1.165) is 77.4 Å². The van der Waals surface area contributed by atoms with E-state index in [1.165, 1.54) is 21.4 Å². The van der Waals surface area contributed by atoms with Crippen molar-refractivity contribution in [2.24, 2.45) is 0 Å². The highest BCUT2D eigenvalue weighted by Crippen LogP contribution is 2.56. The van der Waals surface area contributed by atoms with Gasteiger partial charge in [-0.05, 0) is 89.1 Å². The van der Waals surface area contributed by atoms with Crippen molar-refractivity contribution < 1.29 is 9.26 Å². The van der Waals surface area contributed by atoms with E-state index in [-0.39, 0.29) is 8.50 Å².